The van der Waals surface area contributed by atoms with E-state index in [9.17, 15) is 9.59 Å². The molecule has 0 aliphatic rings. The number of thioether (sulfide) groups is 1. The molecule has 0 radical (unpaired) electrons. The van der Waals surface area contributed by atoms with Crippen LogP contribution >= 0.6 is 11.8 Å². The van der Waals surface area contributed by atoms with Crippen LogP contribution in [0.25, 0.3) is 5.78 Å². The Morgan fingerprint density at radius 3 is 2.96 bits per heavy atom. The fourth-order valence-corrected chi connectivity index (χ4v) is 3.30. The smallest absolute Gasteiger partial charge is 0.252 e. The number of carbonyl (C=O) groups is 1. The second-order valence-corrected chi connectivity index (χ2v) is 6.53. The number of methoxy groups -OCH3 is 1. The van der Waals surface area contributed by atoms with Crippen LogP contribution < -0.4 is 15.6 Å². The maximum Gasteiger partial charge on any atom is 0.252 e. The number of rotatable bonds is 7. The second-order valence-electron chi connectivity index (χ2n) is 5.59. The minimum atomic E-state index is -0.208. The van der Waals surface area contributed by atoms with Gasteiger partial charge in [0.1, 0.15) is 5.75 Å². The van der Waals surface area contributed by atoms with Crippen LogP contribution in [0, 0.1) is 0 Å². The summed E-state index contributed by atoms with van der Waals surface area (Å²) in [6.45, 7) is 2.03. The molecule has 0 saturated heterocycles. The zero-order valence-electron chi connectivity index (χ0n) is 14.5. The predicted octanol–water partition coefficient (Wildman–Crippen LogP) is 2.11. The van der Waals surface area contributed by atoms with Crippen molar-refractivity contribution < 1.29 is 9.53 Å². The van der Waals surface area contributed by atoms with Crippen LogP contribution in [0.1, 0.15) is 19.0 Å². The molecule has 0 aliphatic carbocycles. The molecule has 26 heavy (non-hydrogen) atoms. The molecule has 0 spiro atoms. The van der Waals surface area contributed by atoms with E-state index < -0.39 is 0 Å². The van der Waals surface area contributed by atoms with E-state index in [4.69, 9.17) is 4.74 Å². The third kappa shape index (κ3) is 4.05. The Kier molecular flexibility index (Phi) is 5.57. The van der Waals surface area contributed by atoms with E-state index in [1.807, 2.05) is 13.0 Å². The van der Waals surface area contributed by atoms with Gasteiger partial charge in [-0.2, -0.15) is 0 Å². The average Bonchev–Trinajstić information content (AvgIpc) is 3.03. The highest BCUT2D eigenvalue weighted by molar-refractivity contribution is 7.99. The molecule has 2 aromatic heterocycles. The number of hydrogen-bond donors (Lipinski definition) is 2. The zero-order chi connectivity index (χ0) is 18.5. The van der Waals surface area contributed by atoms with Gasteiger partial charge < -0.3 is 10.1 Å². The van der Waals surface area contributed by atoms with E-state index in [2.05, 4.69) is 20.5 Å². The van der Waals surface area contributed by atoms with Gasteiger partial charge >= 0.3 is 0 Å². The van der Waals surface area contributed by atoms with Crippen molar-refractivity contribution in [2.45, 2.75) is 24.9 Å². The number of aryl methyl sites for hydroxylation is 1. The number of aromatic nitrogens is 4. The van der Waals surface area contributed by atoms with Gasteiger partial charge in [0.15, 0.2) is 5.16 Å². The Balaban J connectivity index is 1.73. The number of amides is 1. The maximum absolute atomic E-state index is 12.2. The molecule has 3 aromatic rings. The van der Waals surface area contributed by atoms with Gasteiger partial charge in [-0.3, -0.25) is 19.0 Å². The highest BCUT2D eigenvalue weighted by atomic mass is 32.2. The summed E-state index contributed by atoms with van der Waals surface area (Å²) in [6.07, 6.45) is 1.61. The molecule has 3 rings (SSSR count). The first kappa shape index (κ1) is 18.0. The number of nitrogens with zero attached hydrogens (tertiary/aromatic N) is 3. The molecule has 2 N–H and O–H groups in total. The van der Waals surface area contributed by atoms with Crippen LogP contribution in [-0.4, -0.2) is 38.4 Å². The number of nitrogens with one attached hydrogen (secondary N) is 2. The maximum atomic E-state index is 12.2. The molecule has 8 nitrogen and oxygen atoms in total. The molecule has 0 atom stereocenters. The Bertz CT molecular complexity index is 982. The summed E-state index contributed by atoms with van der Waals surface area (Å²) < 4.78 is 6.93. The number of ether oxygens (including phenoxy) is 1. The molecule has 0 fully saturated rings. The van der Waals surface area contributed by atoms with Crippen molar-refractivity contribution in [3.05, 3.63) is 46.4 Å². The van der Waals surface area contributed by atoms with Gasteiger partial charge in [-0.1, -0.05) is 31.2 Å². The lowest BCUT2D eigenvalue weighted by molar-refractivity contribution is -0.113. The first-order chi connectivity index (χ1) is 12.6. The van der Waals surface area contributed by atoms with Crippen molar-refractivity contribution in [3.63, 3.8) is 0 Å². The predicted molar refractivity (Wildman–Crippen MR) is 100.0 cm³/mol. The van der Waals surface area contributed by atoms with Crippen LogP contribution in [0.5, 0.6) is 5.75 Å². The van der Waals surface area contributed by atoms with Crippen LogP contribution in [0.15, 0.2) is 40.3 Å². The van der Waals surface area contributed by atoms with Crippen LogP contribution in [-0.2, 0) is 11.2 Å². The summed E-state index contributed by atoms with van der Waals surface area (Å²) in [4.78, 5) is 26.6. The van der Waals surface area contributed by atoms with E-state index in [0.717, 1.165) is 18.5 Å². The summed E-state index contributed by atoms with van der Waals surface area (Å²) in [7, 11) is 1.57. The zero-order valence-corrected chi connectivity index (χ0v) is 15.3. The van der Waals surface area contributed by atoms with Gasteiger partial charge in [-0.05, 0) is 18.6 Å². The number of anilines is 1. The van der Waals surface area contributed by atoms with E-state index in [1.165, 1.54) is 11.8 Å². The topological polar surface area (TPSA) is 101 Å². The Morgan fingerprint density at radius 2 is 2.19 bits per heavy atom. The third-order valence-electron chi connectivity index (χ3n) is 3.65. The van der Waals surface area contributed by atoms with E-state index in [-0.39, 0.29) is 17.2 Å². The van der Waals surface area contributed by atoms with Crippen molar-refractivity contribution in [1.82, 2.24) is 19.6 Å². The van der Waals surface area contributed by atoms with Crippen LogP contribution in [0.4, 0.5) is 5.69 Å². The molecule has 2 heterocycles. The number of carbonyl (C=O) groups excluding carboxylic acids is 1. The van der Waals surface area contributed by atoms with Gasteiger partial charge in [-0.25, -0.2) is 0 Å². The highest BCUT2D eigenvalue weighted by Gasteiger charge is 2.13. The lowest BCUT2D eigenvalue weighted by Crippen LogP contribution is -2.15. The van der Waals surface area contributed by atoms with Crippen molar-refractivity contribution in [2.75, 3.05) is 18.2 Å². The van der Waals surface area contributed by atoms with Crippen molar-refractivity contribution in [3.8, 4) is 5.75 Å². The minimum absolute atomic E-state index is 0.165. The van der Waals surface area contributed by atoms with Crippen molar-refractivity contribution in [1.29, 1.82) is 0 Å². The number of benzene rings is 1. The monoisotopic (exact) mass is 373 g/mol. The molecule has 9 heteroatoms. The summed E-state index contributed by atoms with van der Waals surface area (Å²) in [5, 5.41) is 11.5. The second kappa shape index (κ2) is 8.05. The number of aromatic amines is 1. The fraction of sp³-hybridized carbons (Fsp3) is 0.294. The average molecular weight is 373 g/mol. The Hall–Kier alpha value is -2.81. The Labute approximate surface area is 154 Å². The number of fused-ring (bicyclic) bond motifs is 1. The van der Waals surface area contributed by atoms with Crippen molar-refractivity contribution in [2.24, 2.45) is 0 Å². The minimum Gasteiger partial charge on any atom is -0.497 e. The standard InChI is InChI=1S/C17H19N5O3S/c1-3-5-12-9-14(23)19-16-20-21-17(22(12)16)26-10-15(24)18-11-6-4-7-13(8-11)25-2/h4,6-9H,3,5,10H2,1-2H3,(H,18,24)(H,19,20,23). The van der Waals surface area contributed by atoms with Crippen LogP contribution in [0.2, 0.25) is 0 Å². The van der Waals surface area contributed by atoms with Gasteiger partial charge in [0.2, 0.25) is 11.7 Å². The molecule has 1 aromatic carbocycles. The van der Waals surface area contributed by atoms with Gasteiger partial charge in [0, 0.05) is 23.5 Å². The Morgan fingerprint density at radius 1 is 1.35 bits per heavy atom. The molecule has 0 saturated carbocycles. The SMILES string of the molecule is CCCc1cc(=O)[nH]c2nnc(SCC(=O)Nc3cccc(OC)c3)n12. The lowest BCUT2D eigenvalue weighted by atomic mass is 10.2. The van der Waals surface area contributed by atoms with Crippen molar-refractivity contribution >= 4 is 29.1 Å². The molecular weight excluding hydrogens is 354 g/mol. The molecule has 0 aliphatic heterocycles. The number of H-pyrrole nitrogens is 1. The molecule has 0 unspecified atom stereocenters. The van der Waals surface area contributed by atoms with Gasteiger partial charge in [-0.15, -0.1) is 10.2 Å². The summed E-state index contributed by atoms with van der Waals surface area (Å²) in [5.41, 5.74) is 1.28. The number of hydrogen-bond acceptors (Lipinski definition) is 6. The third-order valence-corrected chi connectivity index (χ3v) is 4.57. The largest absolute Gasteiger partial charge is 0.497 e. The summed E-state index contributed by atoms with van der Waals surface area (Å²) >= 11 is 1.26. The van der Waals surface area contributed by atoms with Gasteiger partial charge in [0.05, 0.1) is 12.9 Å². The highest BCUT2D eigenvalue weighted by Crippen LogP contribution is 2.20. The first-order valence-corrected chi connectivity index (χ1v) is 9.13. The normalized spacial score (nSPS) is 10.8. The molecule has 136 valence electrons. The van der Waals surface area contributed by atoms with Crippen LogP contribution in [0.3, 0.4) is 0 Å². The van der Waals surface area contributed by atoms with E-state index >= 15 is 0 Å². The summed E-state index contributed by atoms with van der Waals surface area (Å²) in [6, 6.07) is 8.70. The van der Waals surface area contributed by atoms with Gasteiger partial charge in [0.25, 0.3) is 5.56 Å². The van der Waals surface area contributed by atoms with E-state index in [1.54, 1.807) is 35.8 Å². The van der Waals surface area contributed by atoms with E-state index in [0.29, 0.717) is 22.4 Å². The lowest BCUT2D eigenvalue weighted by Gasteiger charge is -2.07. The quantitative estimate of drug-likeness (QED) is 0.615. The fourth-order valence-electron chi connectivity index (χ4n) is 2.53. The molecule has 0 bridgehead atoms. The summed E-state index contributed by atoms with van der Waals surface area (Å²) in [5.74, 6) is 1.06. The molecular formula is C17H19N5O3S. The molecule has 1 amide bonds. The first-order valence-electron chi connectivity index (χ1n) is 8.14.